The van der Waals surface area contributed by atoms with Gasteiger partial charge in [-0.25, -0.2) is 4.39 Å². The smallest absolute Gasteiger partial charge is 0.224 e. The van der Waals surface area contributed by atoms with Crippen molar-refractivity contribution in [1.29, 1.82) is 0 Å². The van der Waals surface area contributed by atoms with Crippen molar-refractivity contribution in [3.8, 4) is 5.75 Å². The molecule has 0 aromatic heterocycles. The molecule has 0 heterocycles. The van der Waals surface area contributed by atoms with E-state index >= 15 is 0 Å². The fourth-order valence-electron chi connectivity index (χ4n) is 2.73. The molecule has 0 saturated heterocycles. The molecule has 27 heavy (non-hydrogen) atoms. The summed E-state index contributed by atoms with van der Waals surface area (Å²) in [7, 11) is 1.62. The van der Waals surface area contributed by atoms with Crippen LogP contribution in [0, 0.1) is 5.82 Å². The first kappa shape index (κ1) is 20.4. The van der Waals surface area contributed by atoms with Crippen LogP contribution in [-0.2, 0) is 22.4 Å². The summed E-state index contributed by atoms with van der Waals surface area (Å²) in [5, 5.41) is 2.74. The molecule has 0 bridgehead atoms. The summed E-state index contributed by atoms with van der Waals surface area (Å²) in [6, 6.07) is 13.9. The minimum Gasteiger partial charge on any atom is -0.497 e. The maximum Gasteiger partial charge on any atom is 0.224 e. The van der Waals surface area contributed by atoms with Crippen LogP contribution in [0.1, 0.15) is 18.1 Å². The summed E-state index contributed by atoms with van der Waals surface area (Å²) in [6.07, 6.45) is 0.677. The van der Waals surface area contributed by atoms with Crippen molar-refractivity contribution in [1.82, 2.24) is 10.2 Å². The molecule has 144 valence electrons. The highest BCUT2D eigenvalue weighted by molar-refractivity contribution is 5.78. The molecule has 0 spiro atoms. The quantitative estimate of drug-likeness (QED) is 0.736. The Morgan fingerprint density at radius 2 is 1.89 bits per heavy atom. The minimum absolute atomic E-state index is 0.0173. The number of carbonyl (C=O) groups is 2. The fraction of sp³-hybridized carbons (Fsp3) is 0.333. The Morgan fingerprint density at radius 1 is 1.11 bits per heavy atom. The lowest BCUT2D eigenvalue weighted by molar-refractivity contribution is -0.129. The number of rotatable bonds is 9. The highest BCUT2D eigenvalue weighted by atomic mass is 19.1. The maximum absolute atomic E-state index is 13.6. The summed E-state index contributed by atoms with van der Waals surface area (Å²) in [5.74, 6) is 0.0660. The molecule has 5 nitrogen and oxygen atoms in total. The highest BCUT2D eigenvalue weighted by Crippen LogP contribution is 2.13. The van der Waals surface area contributed by atoms with Gasteiger partial charge in [0, 0.05) is 26.6 Å². The molecule has 2 aromatic rings. The van der Waals surface area contributed by atoms with Crippen molar-refractivity contribution in [2.45, 2.75) is 19.8 Å². The monoisotopic (exact) mass is 372 g/mol. The zero-order chi connectivity index (χ0) is 19.6. The number of carbonyl (C=O) groups excluding carboxylic acids is 2. The van der Waals surface area contributed by atoms with Gasteiger partial charge in [0.2, 0.25) is 11.8 Å². The van der Waals surface area contributed by atoms with Crippen molar-refractivity contribution >= 4 is 11.8 Å². The fourth-order valence-corrected chi connectivity index (χ4v) is 2.73. The number of nitrogens with one attached hydrogen (secondary N) is 1. The number of benzene rings is 2. The van der Waals surface area contributed by atoms with Crippen molar-refractivity contribution in [3.63, 3.8) is 0 Å². The largest absolute Gasteiger partial charge is 0.497 e. The lowest BCUT2D eigenvalue weighted by Crippen LogP contribution is -2.39. The van der Waals surface area contributed by atoms with E-state index in [4.69, 9.17) is 4.74 Å². The van der Waals surface area contributed by atoms with Crippen molar-refractivity contribution in [3.05, 3.63) is 65.5 Å². The number of ether oxygens (including phenoxy) is 1. The second kappa shape index (κ2) is 10.3. The third-order valence-electron chi connectivity index (χ3n) is 4.26. The zero-order valence-electron chi connectivity index (χ0n) is 15.7. The molecule has 0 aliphatic rings. The molecule has 6 heteroatoms. The third-order valence-corrected chi connectivity index (χ3v) is 4.26. The Labute approximate surface area is 159 Å². The van der Waals surface area contributed by atoms with E-state index in [9.17, 15) is 14.0 Å². The lowest BCUT2D eigenvalue weighted by Gasteiger charge is -2.21. The second-order valence-electron chi connectivity index (χ2n) is 6.23. The Kier molecular flexibility index (Phi) is 7.79. The van der Waals surface area contributed by atoms with Crippen molar-refractivity contribution in [2.75, 3.05) is 26.7 Å². The normalized spacial score (nSPS) is 10.3. The van der Waals surface area contributed by atoms with Crippen LogP contribution >= 0.6 is 0 Å². The van der Waals surface area contributed by atoms with Gasteiger partial charge >= 0.3 is 0 Å². The van der Waals surface area contributed by atoms with E-state index in [1.807, 2.05) is 24.3 Å². The van der Waals surface area contributed by atoms with Gasteiger partial charge in [0.05, 0.1) is 13.5 Å². The molecule has 2 amide bonds. The predicted octanol–water partition coefficient (Wildman–Crippen LogP) is 2.58. The number of methoxy groups -OCH3 is 1. The molecular weight excluding hydrogens is 347 g/mol. The van der Waals surface area contributed by atoms with Gasteiger partial charge in [-0.2, -0.15) is 0 Å². The van der Waals surface area contributed by atoms with Gasteiger partial charge in [-0.1, -0.05) is 30.3 Å². The van der Waals surface area contributed by atoms with Gasteiger partial charge in [-0.3, -0.25) is 9.59 Å². The van der Waals surface area contributed by atoms with E-state index in [2.05, 4.69) is 5.32 Å². The lowest BCUT2D eigenvalue weighted by atomic mass is 10.1. The van der Waals surface area contributed by atoms with Gasteiger partial charge in [0.25, 0.3) is 0 Å². The Morgan fingerprint density at radius 3 is 2.59 bits per heavy atom. The highest BCUT2D eigenvalue weighted by Gasteiger charge is 2.11. The van der Waals surface area contributed by atoms with Gasteiger partial charge < -0.3 is 15.0 Å². The van der Waals surface area contributed by atoms with Crippen LogP contribution in [0.3, 0.4) is 0 Å². The molecule has 0 radical (unpaired) electrons. The molecule has 0 atom stereocenters. The summed E-state index contributed by atoms with van der Waals surface area (Å²) in [4.78, 5) is 25.5. The maximum atomic E-state index is 13.6. The van der Waals surface area contributed by atoms with Gasteiger partial charge in [0.1, 0.15) is 11.6 Å². The van der Waals surface area contributed by atoms with Crippen LogP contribution in [0.5, 0.6) is 5.75 Å². The van der Waals surface area contributed by atoms with Gasteiger partial charge in [-0.15, -0.1) is 0 Å². The topological polar surface area (TPSA) is 58.6 Å². The molecule has 0 unspecified atom stereocenters. The molecular formula is C21H25FN2O3. The van der Waals surface area contributed by atoms with Crippen LogP contribution < -0.4 is 10.1 Å². The van der Waals surface area contributed by atoms with E-state index in [1.54, 1.807) is 30.2 Å². The number of halogens is 1. The first-order valence-electron chi connectivity index (χ1n) is 8.88. The standard InChI is InChI=1S/C21H25FN2O3/c1-16(25)24(12-10-17-6-5-8-19(14-17)27-2)13-11-23-21(26)15-18-7-3-4-9-20(18)22/h3-9,14H,10-13,15H2,1-2H3,(H,23,26). The van der Waals surface area contributed by atoms with Gasteiger partial charge in [-0.05, 0) is 35.7 Å². The van der Waals surface area contributed by atoms with Crippen molar-refractivity contribution < 1.29 is 18.7 Å². The second-order valence-corrected chi connectivity index (χ2v) is 6.23. The molecule has 2 aromatic carbocycles. The molecule has 0 saturated carbocycles. The zero-order valence-corrected chi connectivity index (χ0v) is 15.7. The first-order valence-corrected chi connectivity index (χ1v) is 8.88. The number of amides is 2. The minimum atomic E-state index is -0.392. The van der Waals surface area contributed by atoms with Crippen LogP contribution in [0.4, 0.5) is 4.39 Å². The summed E-state index contributed by atoms with van der Waals surface area (Å²) >= 11 is 0. The van der Waals surface area contributed by atoms with Crippen molar-refractivity contribution in [2.24, 2.45) is 0 Å². The predicted molar refractivity (Wildman–Crippen MR) is 102 cm³/mol. The molecule has 0 aliphatic carbocycles. The first-order chi connectivity index (χ1) is 13.0. The van der Waals surface area contributed by atoms with E-state index in [1.165, 1.54) is 13.0 Å². The molecule has 1 N–H and O–H groups in total. The van der Waals surface area contributed by atoms with E-state index in [0.29, 0.717) is 31.6 Å². The van der Waals surface area contributed by atoms with Crippen LogP contribution in [-0.4, -0.2) is 43.5 Å². The number of hydrogen-bond acceptors (Lipinski definition) is 3. The summed E-state index contributed by atoms with van der Waals surface area (Å²) < 4.78 is 18.8. The van der Waals surface area contributed by atoms with Crippen LogP contribution in [0.15, 0.2) is 48.5 Å². The van der Waals surface area contributed by atoms with Gasteiger partial charge in [0.15, 0.2) is 0 Å². The molecule has 0 aliphatic heterocycles. The summed E-state index contributed by atoms with van der Waals surface area (Å²) in [6.45, 7) is 2.78. The molecule has 2 rings (SSSR count). The third kappa shape index (κ3) is 6.73. The Balaban J connectivity index is 1.79. The van der Waals surface area contributed by atoms with Crippen LogP contribution in [0.25, 0.3) is 0 Å². The SMILES string of the molecule is COc1cccc(CCN(CCNC(=O)Cc2ccccc2F)C(C)=O)c1. The summed E-state index contributed by atoms with van der Waals surface area (Å²) in [5.41, 5.74) is 1.43. The van der Waals surface area contributed by atoms with E-state index in [0.717, 1.165) is 11.3 Å². The Bertz CT molecular complexity index is 780. The average Bonchev–Trinajstić information content (AvgIpc) is 2.66. The Hall–Kier alpha value is -2.89. The van der Waals surface area contributed by atoms with E-state index < -0.39 is 5.82 Å². The molecule has 0 fully saturated rings. The number of hydrogen-bond donors (Lipinski definition) is 1. The average molecular weight is 372 g/mol. The number of nitrogens with zero attached hydrogens (tertiary/aromatic N) is 1. The van der Waals surface area contributed by atoms with E-state index in [-0.39, 0.29) is 18.2 Å². The van der Waals surface area contributed by atoms with Crippen LogP contribution in [0.2, 0.25) is 0 Å².